The quantitative estimate of drug-likeness (QED) is 0.637. The second-order valence-corrected chi connectivity index (χ2v) is 6.96. The van der Waals surface area contributed by atoms with E-state index in [1.165, 1.54) is 5.69 Å². The molecule has 7 nitrogen and oxygen atoms in total. The smallest absolute Gasteiger partial charge is 0.249 e. The number of benzene rings is 2. The molecule has 0 unspecified atom stereocenters. The zero-order chi connectivity index (χ0) is 20.8. The van der Waals surface area contributed by atoms with E-state index in [-0.39, 0.29) is 12.3 Å². The Kier molecular flexibility index (Phi) is 6.10. The van der Waals surface area contributed by atoms with Crippen LogP contribution in [0.2, 0.25) is 0 Å². The van der Waals surface area contributed by atoms with Crippen molar-refractivity contribution in [1.29, 1.82) is 0 Å². The summed E-state index contributed by atoms with van der Waals surface area (Å²) in [4.78, 5) is 26.1. The zero-order valence-electron chi connectivity index (χ0n) is 16.6. The van der Waals surface area contributed by atoms with Crippen LogP contribution in [-0.2, 0) is 16.0 Å². The predicted octanol–water partition coefficient (Wildman–Crippen LogP) is 3.49. The van der Waals surface area contributed by atoms with Crippen LogP contribution < -0.4 is 10.2 Å². The fraction of sp³-hybridized carbons (Fsp3) is 0.217. The van der Waals surface area contributed by atoms with E-state index >= 15 is 0 Å². The molecule has 1 aliphatic heterocycles. The molecule has 2 aromatic carbocycles. The van der Waals surface area contributed by atoms with E-state index in [2.05, 4.69) is 44.0 Å². The summed E-state index contributed by atoms with van der Waals surface area (Å²) < 4.78 is 5.41. The lowest BCUT2D eigenvalue weighted by atomic mass is 10.1. The summed E-state index contributed by atoms with van der Waals surface area (Å²) in [6.07, 6.45) is 1.98. The second-order valence-electron chi connectivity index (χ2n) is 6.96. The average Bonchev–Trinajstić information content (AvgIpc) is 2.81. The number of nitrogens with zero attached hydrogens (tertiary/aromatic N) is 4. The molecule has 1 amide bonds. The number of aromatic nitrogens is 2. The molecule has 0 saturated carbocycles. The van der Waals surface area contributed by atoms with E-state index in [0.29, 0.717) is 5.95 Å². The van der Waals surface area contributed by atoms with Crippen molar-refractivity contribution in [1.82, 2.24) is 9.97 Å². The Balaban J connectivity index is 1.44. The fourth-order valence-corrected chi connectivity index (χ4v) is 3.31. The summed E-state index contributed by atoms with van der Waals surface area (Å²) >= 11 is 0. The molecule has 1 saturated heterocycles. The summed E-state index contributed by atoms with van der Waals surface area (Å²) in [7, 11) is 0. The molecule has 1 N–H and O–H groups in total. The molecule has 152 valence electrons. The first kappa shape index (κ1) is 19.7. The molecular formula is C23H23N5O2. The monoisotopic (exact) mass is 401 g/mol. The van der Waals surface area contributed by atoms with Gasteiger partial charge < -0.3 is 15.0 Å². The van der Waals surface area contributed by atoms with Crippen molar-refractivity contribution in [2.75, 3.05) is 36.5 Å². The van der Waals surface area contributed by atoms with Crippen LogP contribution in [-0.4, -0.2) is 48.9 Å². The molecule has 1 fully saturated rings. The van der Waals surface area contributed by atoms with Gasteiger partial charge in [-0.1, -0.05) is 24.3 Å². The predicted molar refractivity (Wildman–Crippen MR) is 118 cm³/mol. The molecule has 0 radical (unpaired) electrons. The molecule has 1 aliphatic rings. The molecule has 0 spiro atoms. The second kappa shape index (κ2) is 9.28. The summed E-state index contributed by atoms with van der Waals surface area (Å²) in [5.41, 5.74) is 4.76. The molecule has 0 bridgehead atoms. The van der Waals surface area contributed by atoms with Gasteiger partial charge in [-0.3, -0.25) is 4.79 Å². The molecule has 0 atom stereocenters. The van der Waals surface area contributed by atoms with Crippen molar-refractivity contribution >= 4 is 29.9 Å². The number of carbonyl (C=O) groups excluding carboxylic acids is 1. The molecule has 2 heterocycles. The van der Waals surface area contributed by atoms with Gasteiger partial charge in [0.05, 0.1) is 25.3 Å². The summed E-state index contributed by atoms with van der Waals surface area (Å²) in [6, 6.07) is 17.8. The van der Waals surface area contributed by atoms with Gasteiger partial charge in [0.1, 0.15) is 0 Å². The maximum atomic E-state index is 11.4. The molecule has 0 aliphatic carbocycles. The number of carbonyl (C=O) groups is 1. The van der Waals surface area contributed by atoms with Crippen molar-refractivity contribution in [2.24, 2.45) is 4.99 Å². The van der Waals surface area contributed by atoms with Crippen LogP contribution in [0.1, 0.15) is 5.56 Å². The van der Waals surface area contributed by atoms with Gasteiger partial charge in [0.25, 0.3) is 0 Å². The SMILES string of the molecule is C=NC(=O)Cc1ccc(-c2ccnc(Nc3ccc(N4CCOCC4)cc3)n2)cc1. The van der Waals surface area contributed by atoms with E-state index in [9.17, 15) is 4.79 Å². The first-order chi connectivity index (χ1) is 14.7. The van der Waals surface area contributed by atoms with Crippen LogP contribution in [0, 0.1) is 0 Å². The van der Waals surface area contributed by atoms with Crippen LogP contribution >= 0.6 is 0 Å². The van der Waals surface area contributed by atoms with Gasteiger partial charge in [0.2, 0.25) is 11.9 Å². The van der Waals surface area contributed by atoms with Crippen molar-refractivity contribution in [2.45, 2.75) is 6.42 Å². The molecule has 1 aromatic heterocycles. The van der Waals surface area contributed by atoms with Crippen LogP contribution in [0.5, 0.6) is 0 Å². The molecular weight excluding hydrogens is 378 g/mol. The Bertz CT molecular complexity index is 1010. The van der Waals surface area contributed by atoms with E-state index in [1.54, 1.807) is 6.20 Å². The van der Waals surface area contributed by atoms with Crippen molar-refractivity contribution < 1.29 is 9.53 Å². The zero-order valence-corrected chi connectivity index (χ0v) is 16.6. The number of hydrogen-bond acceptors (Lipinski definition) is 6. The Labute approximate surface area is 175 Å². The van der Waals surface area contributed by atoms with Crippen molar-refractivity contribution in [3.63, 3.8) is 0 Å². The summed E-state index contributed by atoms with van der Waals surface area (Å²) in [5.74, 6) is 0.289. The number of hydrogen-bond donors (Lipinski definition) is 1. The molecule has 7 heteroatoms. The Morgan fingerprint density at radius 3 is 2.50 bits per heavy atom. The van der Waals surface area contributed by atoms with Gasteiger partial charge in [0, 0.05) is 36.2 Å². The van der Waals surface area contributed by atoms with Gasteiger partial charge in [0.15, 0.2) is 0 Å². The minimum atomic E-state index is -0.240. The van der Waals surface area contributed by atoms with Crippen LogP contribution in [0.15, 0.2) is 65.8 Å². The first-order valence-corrected chi connectivity index (χ1v) is 9.83. The van der Waals surface area contributed by atoms with Crippen LogP contribution in [0.3, 0.4) is 0 Å². The van der Waals surface area contributed by atoms with E-state index < -0.39 is 0 Å². The van der Waals surface area contributed by atoms with Crippen LogP contribution in [0.25, 0.3) is 11.3 Å². The van der Waals surface area contributed by atoms with E-state index in [1.807, 2.05) is 42.5 Å². The van der Waals surface area contributed by atoms with Gasteiger partial charge in [-0.25, -0.2) is 15.0 Å². The van der Waals surface area contributed by atoms with Crippen molar-refractivity contribution in [3.8, 4) is 11.3 Å². The Hall–Kier alpha value is -3.58. The van der Waals surface area contributed by atoms with Crippen molar-refractivity contribution in [3.05, 3.63) is 66.4 Å². The van der Waals surface area contributed by atoms with E-state index in [0.717, 1.165) is 48.8 Å². The standard InChI is InChI=1S/C23H23N5O2/c1-24-22(29)16-17-2-4-18(5-3-17)21-10-11-25-23(27-21)26-19-6-8-20(9-7-19)28-12-14-30-15-13-28/h2-11H,1,12-16H2,(H,25,26,27). The highest BCUT2D eigenvalue weighted by Gasteiger charge is 2.11. The average molecular weight is 401 g/mol. The van der Waals surface area contributed by atoms with Gasteiger partial charge in [-0.15, -0.1) is 0 Å². The highest BCUT2D eigenvalue weighted by atomic mass is 16.5. The van der Waals surface area contributed by atoms with Crippen LogP contribution in [0.4, 0.5) is 17.3 Å². The Morgan fingerprint density at radius 2 is 1.80 bits per heavy atom. The first-order valence-electron chi connectivity index (χ1n) is 9.83. The minimum Gasteiger partial charge on any atom is -0.378 e. The van der Waals surface area contributed by atoms with Gasteiger partial charge >= 0.3 is 0 Å². The third-order valence-corrected chi connectivity index (χ3v) is 4.94. The largest absolute Gasteiger partial charge is 0.378 e. The van der Waals surface area contributed by atoms with Gasteiger partial charge in [-0.05, 0) is 42.6 Å². The lowest BCUT2D eigenvalue weighted by molar-refractivity contribution is -0.117. The number of nitrogens with one attached hydrogen (secondary N) is 1. The maximum absolute atomic E-state index is 11.4. The summed E-state index contributed by atoms with van der Waals surface area (Å²) in [5, 5.41) is 3.26. The highest BCUT2D eigenvalue weighted by Crippen LogP contribution is 2.23. The highest BCUT2D eigenvalue weighted by molar-refractivity contribution is 5.82. The summed E-state index contributed by atoms with van der Waals surface area (Å²) in [6.45, 7) is 6.62. The number of amides is 1. The minimum absolute atomic E-state index is 0.240. The topological polar surface area (TPSA) is 79.7 Å². The number of anilines is 3. The molecule has 3 aromatic rings. The molecule has 30 heavy (non-hydrogen) atoms. The fourth-order valence-electron chi connectivity index (χ4n) is 3.31. The number of aliphatic imine (C=N–C) groups is 1. The van der Waals surface area contributed by atoms with E-state index in [4.69, 9.17) is 4.74 Å². The number of ether oxygens (including phenoxy) is 1. The normalized spacial score (nSPS) is 13.7. The molecule has 4 rings (SSSR count). The third kappa shape index (κ3) is 4.87. The lowest BCUT2D eigenvalue weighted by Gasteiger charge is -2.28. The third-order valence-electron chi connectivity index (χ3n) is 4.94. The van der Waals surface area contributed by atoms with Gasteiger partial charge in [-0.2, -0.15) is 0 Å². The Morgan fingerprint density at radius 1 is 1.07 bits per heavy atom. The maximum Gasteiger partial charge on any atom is 0.249 e. The lowest BCUT2D eigenvalue weighted by Crippen LogP contribution is -2.36. The number of morpholine rings is 1. The number of rotatable bonds is 6.